The Bertz CT molecular complexity index is 1050. The zero-order valence-corrected chi connectivity index (χ0v) is 18.4. The minimum absolute atomic E-state index is 0.0849. The van der Waals surface area contributed by atoms with Crippen molar-refractivity contribution in [2.24, 2.45) is 10.3 Å². The van der Waals surface area contributed by atoms with E-state index in [1.54, 1.807) is 0 Å². The standard InChI is InChI=1S/C16H19N9O5S2/c1-19-15(17)23-20-3-6-4-31-13-9(12(27)25(13)10(6)14(28)29)22-11(26)8(24-30-2)7-5-32-16(18)21-7/h3,5,9,13H,4H2,1-2H3,(H2,18,21)(H,22,26)(H,28,29)(H3,17,19,23)/b20-3-,24-8?/t9?,13-/m0/s1. The Morgan fingerprint density at radius 3 is 2.84 bits per heavy atom. The van der Waals surface area contributed by atoms with Crippen LogP contribution in [0.1, 0.15) is 5.69 Å². The predicted octanol–water partition coefficient (Wildman–Crippen LogP) is -1.46. The first-order valence-corrected chi connectivity index (χ1v) is 10.8. The van der Waals surface area contributed by atoms with Gasteiger partial charge in [0.15, 0.2) is 10.8 Å². The first kappa shape index (κ1) is 23.0. The number of nitrogen functional groups attached to an aromatic ring is 1. The lowest BCUT2D eigenvalue weighted by Gasteiger charge is -2.49. The Labute approximate surface area is 189 Å². The molecule has 14 nitrogen and oxygen atoms in total. The molecule has 2 aliphatic rings. The van der Waals surface area contributed by atoms with Crippen molar-refractivity contribution in [2.45, 2.75) is 11.4 Å². The van der Waals surface area contributed by atoms with Gasteiger partial charge in [-0.2, -0.15) is 5.10 Å². The number of oxime groups is 1. The van der Waals surface area contributed by atoms with Gasteiger partial charge in [0.2, 0.25) is 5.96 Å². The molecule has 170 valence electrons. The molecule has 0 radical (unpaired) electrons. The number of fused-ring (bicyclic) bond motifs is 1. The highest BCUT2D eigenvalue weighted by Crippen LogP contribution is 2.39. The van der Waals surface area contributed by atoms with Crippen LogP contribution in [0.25, 0.3) is 0 Å². The van der Waals surface area contributed by atoms with Gasteiger partial charge in [-0.3, -0.25) is 19.9 Å². The first-order chi connectivity index (χ1) is 15.3. The summed E-state index contributed by atoms with van der Waals surface area (Å²) in [6, 6.07) is -0.964. The van der Waals surface area contributed by atoms with Gasteiger partial charge < -0.3 is 26.3 Å². The number of anilines is 1. The number of nitrogens with zero attached hydrogens (tertiary/aromatic N) is 4. The molecule has 1 aromatic heterocycles. The minimum Gasteiger partial charge on any atom is -0.477 e. The lowest BCUT2D eigenvalue weighted by molar-refractivity contribution is -0.150. The van der Waals surface area contributed by atoms with E-state index in [-0.39, 0.29) is 39.5 Å². The molecule has 7 N–H and O–H groups in total. The van der Waals surface area contributed by atoms with Gasteiger partial charge in [0.25, 0.3) is 11.8 Å². The van der Waals surface area contributed by atoms with Gasteiger partial charge in [-0.05, 0) is 0 Å². The molecule has 1 saturated heterocycles. The Kier molecular flexibility index (Phi) is 6.94. The molecule has 0 spiro atoms. The van der Waals surface area contributed by atoms with Crippen LogP contribution in [0.15, 0.2) is 26.9 Å². The van der Waals surface area contributed by atoms with Crippen molar-refractivity contribution in [3.05, 3.63) is 22.3 Å². The molecule has 3 rings (SSSR count). The van der Waals surface area contributed by atoms with E-state index in [2.05, 4.69) is 31.3 Å². The number of nitrogens with two attached hydrogens (primary N) is 1. The molecule has 2 aliphatic heterocycles. The molecule has 32 heavy (non-hydrogen) atoms. The van der Waals surface area contributed by atoms with E-state index in [4.69, 9.17) is 16.0 Å². The number of thiazole rings is 1. The van der Waals surface area contributed by atoms with Crippen molar-refractivity contribution in [1.82, 2.24) is 25.9 Å². The molecule has 2 amide bonds. The SMILES string of the molecule is CNC(=N)N/N=C\C1=C(C(=O)O)N2C(=O)C(NC(=O)C(=NOC)c3csc(N)n3)[C@@H]2SC1. The highest BCUT2D eigenvalue weighted by atomic mass is 32.2. The quantitative estimate of drug-likeness (QED) is 0.115. The van der Waals surface area contributed by atoms with Crippen molar-refractivity contribution in [1.29, 1.82) is 5.41 Å². The van der Waals surface area contributed by atoms with E-state index in [1.165, 1.54) is 37.5 Å². The van der Waals surface area contributed by atoms with Crippen LogP contribution in [0.2, 0.25) is 0 Å². The molecule has 1 aromatic rings. The number of β-lactam (4-membered cyclic amide) rings is 1. The molecular formula is C16H19N9O5S2. The van der Waals surface area contributed by atoms with E-state index in [0.717, 1.165) is 16.2 Å². The molecule has 2 atom stereocenters. The number of carboxylic acid groups (broad SMARTS) is 1. The topological polar surface area (TPSA) is 207 Å². The third-order valence-corrected chi connectivity index (χ3v) is 6.27. The maximum absolute atomic E-state index is 12.7. The fraction of sp³-hybridized carbons (Fsp3) is 0.312. The smallest absolute Gasteiger partial charge is 0.353 e. The summed E-state index contributed by atoms with van der Waals surface area (Å²) >= 11 is 2.37. The summed E-state index contributed by atoms with van der Waals surface area (Å²) in [7, 11) is 2.78. The summed E-state index contributed by atoms with van der Waals surface area (Å²) in [5.74, 6) is -2.47. The summed E-state index contributed by atoms with van der Waals surface area (Å²) in [5.41, 5.74) is 8.06. The lowest BCUT2D eigenvalue weighted by atomic mass is 10.0. The second-order valence-corrected chi connectivity index (χ2v) is 8.22. The number of hydrogen-bond donors (Lipinski definition) is 6. The highest BCUT2D eigenvalue weighted by Gasteiger charge is 2.54. The number of aliphatic carboxylic acids is 1. The summed E-state index contributed by atoms with van der Waals surface area (Å²) in [5, 5.41) is 30.7. The summed E-state index contributed by atoms with van der Waals surface area (Å²) in [6.45, 7) is 0. The number of guanidine groups is 1. The first-order valence-electron chi connectivity index (χ1n) is 8.88. The Balaban J connectivity index is 1.77. The van der Waals surface area contributed by atoms with Crippen molar-refractivity contribution in [2.75, 3.05) is 25.6 Å². The Hall–Kier alpha value is -3.66. The maximum Gasteiger partial charge on any atom is 0.353 e. The van der Waals surface area contributed by atoms with Crippen LogP contribution in [-0.2, 0) is 19.2 Å². The second-order valence-electron chi connectivity index (χ2n) is 6.23. The Morgan fingerprint density at radius 1 is 1.50 bits per heavy atom. The zero-order chi connectivity index (χ0) is 23.4. The fourth-order valence-corrected chi connectivity index (χ4v) is 4.72. The molecule has 16 heteroatoms. The van der Waals surface area contributed by atoms with Gasteiger partial charge in [0.1, 0.15) is 29.9 Å². The predicted molar refractivity (Wildman–Crippen MR) is 118 cm³/mol. The molecule has 3 heterocycles. The maximum atomic E-state index is 12.7. The number of aromatic nitrogens is 1. The molecule has 0 aromatic carbocycles. The van der Waals surface area contributed by atoms with Crippen LogP contribution in [0, 0.1) is 5.41 Å². The summed E-state index contributed by atoms with van der Waals surface area (Å²) < 4.78 is 0. The number of hydrogen-bond acceptors (Lipinski definition) is 11. The zero-order valence-electron chi connectivity index (χ0n) is 16.8. The average molecular weight is 482 g/mol. The largest absolute Gasteiger partial charge is 0.477 e. The van der Waals surface area contributed by atoms with E-state index < -0.39 is 29.2 Å². The highest BCUT2D eigenvalue weighted by molar-refractivity contribution is 8.00. The number of carbonyl (C=O) groups excluding carboxylic acids is 2. The number of nitrogens with one attached hydrogen (secondary N) is 4. The average Bonchev–Trinajstić information content (AvgIpc) is 3.20. The van der Waals surface area contributed by atoms with Crippen molar-refractivity contribution in [3.8, 4) is 0 Å². The third-order valence-electron chi connectivity index (χ3n) is 4.30. The van der Waals surface area contributed by atoms with Crippen LogP contribution < -0.4 is 21.8 Å². The number of carbonyl (C=O) groups is 3. The molecule has 0 bridgehead atoms. The van der Waals surface area contributed by atoms with E-state index >= 15 is 0 Å². The van der Waals surface area contributed by atoms with Crippen LogP contribution in [0.3, 0.4) is 0 Å². The number of rotatable bonds is 7. The van der Waals surface area contributed by atoms with Crippen molar-refractivity contribution < 1.29 is 24.3 Å². The normalized spacial score (nSPS) is 20.5. The lowest BCUT2D eigenvalue weighted by Crippen LogP contribution is -2.71. The molecule has 0 aliphatic carbocycles. The molecule has 1 fully saturated rings. The van der Waals surface area contributed by atoms with Crippen LogP contribution in [0.5, 0.6) is 0 Å². The van der Waals surface area contributed by atoms with Crippen molar-refractivity contribution >= 4 is 63.9 Å². The van der Waals surface area contributed by atoms with Gasteiger partial charge in [0.05, 0.1) is 6.21 Å². The molecule has 1 unspecified atom stereocenters. The number of hydrazone groups is 1. The van der Waals surface area contributed by atoms with Gasteiger partial charge in [0, 0.05) is 23.8 Å². The van der Waals surface area contributed by atoms with Crippen LogP contribution in [-0.4, -0.2) is 82.0 Å². The molecular weight excluding hydrogens is 462 g/mol. The van der Waals surface area contributed by atoms with E-state index in [0.29, 0.717) is 0 Å². The van der Waals surface area contributed by atoms with Gasteiger partial charge in [-0.1, -0.05) is 5.16 Å². The van der Waals surface area contributed by atoms with Crippen molar-refractivity contribution in [3.63, 3.8) is 0 Å². The molecule has 0 saturated carbocycles. The number of thioether (sulfide) groups is 1. The van der Waals surface area contributed by atoms with Gasteiger partial charge >= 0.3 is 5.97 Å². The number of amides is 2. The van der Waals surface area contributed by atoms with E-state index in [1.807, 2.05) is 0 Å². The second kappa shape index (κ2) is 9.65. The third kappa shape index (κ3) is 4.50. The van der Waals surface area contributed by atoms with Gasteiger partial charge in [-0.25, -0.2) is 15.2 Å². The summed E-state index contributed by atoms with van der Waals surface area (Å²) in [4.78, 5) is 47.1. The summed E-state index contributed by atoms with van der Waals surface area (Å²) in [6.07, 6.45) is 1.24. The minimum atomic E-state index is -1.31. The van der Waals surface area contributed by atoms with Crippen LogP contribution in [0.4, 0.5) is 5.13 Å². The van der Waals surface area contributed by atoms with E-state index in [9.17, 15) is 19.5 Å². The monoisotopic (exact) mass is 481 g/mol. The number of carboxylic acids is 1. The Morgan fingerprint density at radius 2 is 2.25 bits per heavy atom. The van der Waals surface area contributed by atoms with Gasteiger partial charge in [-0.15, -0.1) is 23.1 Å². The van der Waals surface area contributed by atoms with Crippen LogP contribution >= 0.6 is 23.1 Å². The fourth-order valence-electron chi connectivity index (χ4n) is 2.87.